The molecule has 0 aliphatic carbocycles. The van der Waals surface area contributed by atoms with Crippen LogP contribution in [-0.4, -0.2) is 48.2 Å². The topological polar surface area (TPSA) is 90.2 Å². The first-order valence-corrected chi connectivity index (χ1v) is 9.18. The lowest BCUT2D eigenvalue weighted by atomic mass is 10.1. The second-order valence-electron chi connectivity index (χ2n) is 6.04. The van der Waals surface area contributed by atoms with E-state index in [2.05, 4.69) is 17.1 Å². The second-order valence-corrected chi connectivity index (χ2v) is 6.04. The summed E-state index contributed by atoms with van der Waals surface area (Å²) in [5.41, 5.74) is 3.27. The molecule has 0 bridgehead atoms. The largest absolute Gasteiger partial charge is 0.487 e. The van der Waals surface area contributed by atoms with Gasteiger partial charge >= 0.3 is 5.97 Å². The maximum absolute atomic E-state index is 11.2. The van der Waals surface area contributed by atoms with E-state index in [0.717, 1.165) is 17.5 Å². The molecule has 7 nitrogen and oxygen atoms in total. The predicted molar refractivity (Wildman–Crippen MR) is 106 cm³/mol. The van der Waals surface area contributed by atoms with Crippen LogP contribution < -0.4 is 4.74 Å². The molecule has 0 aliphatic heterocycles. The molecule has 28 heavy (non-hydrogen) atoms. The molecular formula is C21H26N2O5. The minimum Gasteiger partial charge on any atom is -0.487 e. The Kier molecular flexibility index (Phi) is 8.42. The average molecular weight is 386 g/mol. The molecule has 1 unspecified atom stereocenters. The first-order chi connectivity index (χ1) is 13.6. The van der Waals surface area contributed by atoms with Gasteiger partial charge in [-0.2, -0.15) is 0 Å². The summed E-state index contributed by atoms with van der Waals surface area (Å²) < 4.78 is 11.0. The Bertz CT molecular complexity index is 772. The van der Waals surface area contributed by atoms with E-state index in [1.165, 1.54) is 7.11 Å². The monoisotopic (exact) mass is 386 g/mol. The fraction of sp³-hybridized carbons (Fsp3) is 0.381. The van der Waals surface area contributed by atoms with Crippen molar-refractivity contribution in [3.63, 3.8) is 0 Å². The molecule has 0 radical (unpaired) electrons. The number of hydrogen-bond donors (Lipinski definition) is 1. The number of aromatic nitrogens is 1. The van der Waals surface area contributed by atoms with Crippen LogP contribution in [0.1, 0.15) is 30.7 Å². The van der Waals surface area contributed by atoms with Crippen molar-refractivity contribution in [2.75, 3.05) is 20.3 Å². The Balaban J connectivity index is 1.99. The molecule has 0 saturated carbocycles. The second kappa shape index (κ2) is 11.0. The summed E-state index contributed by atoms with van der Waals surface area (Å²) in [6.07, 6.45) is 2.17. The molecule has 2 rings (SSSR count). The summed E-state index contributed by atoms with van der Waals surface area (Å²) in [5.74, 6) is -0.329. The fourth-order valence-corrected chi connectivity index (χ4v) is 2.57. The number of rotatable bonds is 11. The molecule has 1 atom stereocenters. The van der Waals surface area contributed by atoms with Crippen LogP contribution in [0.25, 0.3) is 0 Å². The van der Waals surface area contributed by atoms with Crippen molar-refractivity contribution in [1.82, 2.24) is 4.98 Å². The van der Waals surface area contributed by atoms with Gasteiger partial charge in [-0.1, -0.05) is 30.3 Å². The van der Waals surface area contributed by atoms with Crippen molar-refractivity contribution in [3.05, 3.63) is 59.4 Å². The lowest BCUT2D eigenvalue weighted by Gasteiger charge is -2.13. The van der Waals surface area contributed by atoms with Crippen LogP contribution in [0.15, 0.2) is 47.8 Å². The molecule has 0 fully saturated rings. The quantitative estimate of drug-likeness (QED) is 0.471. The normalized spacial score (nSPS) is 12.5. The van der Waals surface area contributed by atoms with E-state index in [9.17, 15) is 9.90 Å². The lowest BCUT2D eigenvalue weighted by Crippen LogP contribution is -2.26. The van der Waals surface area contributed by atoms with E-state index in [-0.39, 0.29) is 6.61 Å². The highest BCUT2D eigenvalue weighted by Crippen LogP contribution is 2.15. The van der Waals surface area contributed by atoms with Gasteiger partial charge in [0.1, 0.15) is 25.2 Å². The van der Waals surface area contributed by atoms with Crippen LogP contribution in [0.4, 0.5) is 0 Å². The van der Waals surface area contributed by atoms with E-state index < -0.39 is 12.1 Å². The number of benzene rings is 1. The Morgan fingerprint density at radius 1 is 1.14 bits per heavy atom. The standard InChI is InChI=1S/C21H26N2O5/c1-4-15-8-11-18(22-13-15)19(23-26-3)14-28-17-9-6-16(7-10-17)12-20(21(24)25)27-5-2/h6-11,13,20H,4-5,12,14H2,1-3H3,(H,24,25)/b23-19-. The third-order valence-corrected chi connectivity index (χ3v) is 4.09. The van der Waals surface area contributed by atoms with Gasteiger partial charge in [0.05, 0.1) is 5.69 Å². The molecule has 1 aromatic carbocycles. The number of hydrogen-bond acceptors (Lipinski definition) is 6. The van der Waals surface area contributed by atoms with Crippen molar-refractivity contribution in [2.24, 2.45) is 5.16 Å². The summed E-state index contributed by atoms with van der Waals surface area (Å²) in [6, 6.07) is 11.1. The number of carboxylic acid groups (broad SMARTS) is 1. The molecular weight excluding hydrogens is 360 g/mol. The summed E-state index contributed by atoms with van der Waals surface area (Å²) in [6.45, 7) is 4.40. The maximum Gasteiger partial charge on any atom is 0.333 e. The number of nitrogens with zero attached hydrogens (tertiary/aromatic N) is 2. The van der Waals surface area contributed by atoms with Gasteiger partial charge in [0.2, 0.25) is 0 Å². The Labute approximate surface area is 165 Å². The third-order valence-electron chi connectivity index (χ3n) is 4.09. The highest BCUT2D eigenvalue weighted by molar-refractivity contribution is 5.99. The molecule has 0 aliphatic rings. The number of carboxylic acids is 1. The predicted octanol–water partition coefficient (Wildman–Crippen LogP) is 3.11. The maximum atomic E-state index is 11.2. The minimum atomic E-state index is -0.968. The Morgan fingerprint density at radius 2 is 1.86 bits per heavy atom. The zero-order valence-corrected chi connectivity index (χ0v) is 16.4. The number of oxime groups is 1. The molecule has 7 heteroatoms. The molecule has 1 heterocycles. The molecule has 1 aromatic heterocycles. The summed E-state index contributed by atoms with van der Waals surface area (Å²) >= 11 is 0. The highest BCUT2D eigenvalue weighted by atomic mass is 16.6. The number of ether oxygens (including phenoxy) is 2. The number of aliphatic carboxylic acids is 1. The molecule has 0 saturated heterocycles. The number of carbonyl (C=O) groups is 1. The van der Waals surface area contributed by atoms with Gasteiger partial charge in [-0.25, -0.2) is 4.79 Å². The smallest absolute Gasteiger partial charge is 0.333 e. The zero-order chi connectivity index (χ0) is 20.4. The van der Waals surface area contributed by atoms with Crippen LogP contribution in [0.2, 0.25) is 0 Å². The minimum absolute atomic E-state index is 0.197. The summed E-state index contributed by atoms with van der Waals surface area (Å²) in [7, 11) is 1.48. The fourth-order valence-electron chi connectivity index (χ4n) is 2.57. The molecule has 0 amide bonds. The van der Waals surface area contributed by atoms with Crippen LogP contribution >= 0.6 is 0 Å². The lowest BCUT2D eigenvalue weighted by molar-refractivity contribution is -0.149. The molecule has 150 valence electrons. The van der Waals surface area contributed by atoms with Crippen LogP contribution in [-0.2, 0) is 27.2 Å². The van der Waals surface area contributed by atoms with Crippen LogP contribution in [0, 0.1) is 0 Å². The van der Waals surface area contributed by atoms with Gasteiger partial charge < -0.3 is 19.4 Å². The Hall–Kier alpha value is -2.93. The zero-order valence-electron chi connectivity index (χ0n) is 16.4. The first kappa shape index (κ1) is 21.4. The van der Waals surface area contributed by atoms with Crippen molar-refractivity contribution < 1.29 is 24.2 Å². The van der Waals surface area contributed by atoms with Gasteiger partial charge in [0.25, 0.3) is 0 Å². The third kappa shape index (κ3) is 6.35. The van der Waals surface area contributed by atoms with E-state index in [1.54, 1.807) is 19.1 Å². The summed E-state index contributed by atoms with van der Waals surface area (Å²) in [5, 5.41) is 13.2. The van der Waals surface area contributed by atoms with E-state index in [1.807, 2.05) is 30.5 Å². The Morgan fingerprint density at radius 3 is 2.39 bits per heavy atom. The van der Waals surface area contributed by atoms with Gasteiger partial charge in [-0.15, -0.1) is 0 Å². The van der Waals surface area contributed by atoms with Crippen LogP contribution in [0.3, 0.4) is 0 Å². The summed E-state index contributed by atoms with van der Waals surface area (Å²) in [4.78, 5) is 20.5. The number of aryl methyl sites for hydroxylation is 1. The van der Waals surface area contributed by atoms with E-state index in [0.29, 0.717) is 30.2 Å². The van der Waals surface area contributed by atoms with E-state index >= 15 is 0 Å². The van der Waals surface area contributed by atoms with Crippen molar-refractivity contribution >= 4 is 11.7 Å². The average Bonchev–Trinajstić information content (AvgIpc) is 2.72. The van der Waals surface area contributed by atoms with Gasteiger partial charge in [0.15, 0.2) is 6.10 Å². The first-order valence-electron chi connectivity index (χ1n) is 9.18. The van der Waals surface area contributed by atoms with Crippen molar-refractivity contribution in [3.8, 4) is 5.75 Å². The molecule has 1 N–H and O–H groups in total. The van der Waals surface area contributed by atoms with Gasteiger partial charge in [-0.05, 0) is 42.7 Å². The van der Waals surface area contributed by atoms with Crippen molar-refractivity contribution in [2.45, 2.75) is 32.8 Å². The van der Waals surface area contributed by atoms with Crippen molar-refractivity contribution in [1.29, 1.82) is 0 Å². The van der Waals surface area contributed by atoms with Crippen LogP contribution in [0.5, 0.6) is 5.75 Å². The highest BCUT2D eigenvalue weighted by Gasteiger charge is 2.18. The van der Waals surface area contributed by atoms with E-state index in [4.69, 9.17) is 14.3 Å². The SMILES string of the molecule is CCOC(Cc1ccc(OC/C(=N/OC)c2ccc(CC)cn2)cc1)C(=O)O. The van der Waals surface area contributed by atoms with Gasteiger partial charge in [0, 0.05) is 19.2 Å². The number of pyridine rings is 1. The van der Waals surface area contributed by atoms with Gasteiger partial charge in [-0.3, -0.25) is 4.98 Å². The molecule has 2 aromatic rings. The molecule has 0 spiro atoms.